The molecule has 0 unspecified atom stereocenters. The van der Waals surface area contributed by atoms with E-state index in [0.717, 1.165) is 24.8 Å². The van der Waals surface area contributed by atoms with E-state index in [1.807, 2.05) is 0 Å². The molecule has 2 heterocycles. The van der Waals surface area contributed by atoms with Crippen LogP contribution >= 0.6 is 0 Å². The molecule has 0 radical (unpaired) electrons. The third-order valence-electron chi connectivity index (χ3n) is 4.41. The van der Waals surface area contributed by atoms with Gasteiger partial charge in [-0.25, -0.2) is 0 Å². The third-order valence-corrected chi connectivity index (χ3v) is 4.41. The van der Waals surface area contributed by atoms with Crippen LogP contribution in [0.15, 0.2) is 23.6 Å². The Hall–Kier alpha value is -2.75. The summed E-state index contributed by atoms with van der Waals surface area (Å²) in [6, 6.07) is 2.18. The van der Waals surface area contributed by atoms with Crippen LogP contribution in [-0.4, -0.2) is 22.8 Å². The summed E-state index contributed by atoms with van der Waals surface area (Å²) in [6.45, 7) is 2.08. The van der Waals surface area contributed by atoms with Gasteiger partial charge in [0.15, 0.2) is 0 Å². The predicted octanol–water partition coefficient (Wildman–Crippen LogP) is 2.04. The van der Waals surface area contributed by atoms with E-state index in [1.54, 1.807) is 6.92 Å². The van der Waals surface area contributed by atoms with Crippen molar-refractivity contribution in [3.05, 3.63) is 34.9 Å². The molecule has 0 fully saturated rings. The van der Waals surface area contributed by atoms with Crippen molar-refractivity contribution in [2.24, 2.45) is 11.7 Å². The first-order chi connectivity index (χ1) is 11.7. The lowest BCUT2D eigenvalue weighted by Gasteiger charge is -2.30. The quantitative estimate of drug-likeness (QED) is 0.646. The lowest BCUT2D eigenvalue weighted by atomic mass is 9.75. The Kier molecular flexibility index (Phi) is 4.56. The van der Waals surface area contributed by atoms with Crippen molar-refractivity contribution in [3.63, 3.8) is 0 Å². The van der Waals surface area contributed by atoms with Crippen LogP contribution in [-0.2, 0) is 16.0 Å². The molecule has 7 nitrogen and oxygen atoms in total. The fraction of sp³-hybridized carbons (Fsp3) is 0.471. The maximum atomic E-state index is 11.9. The van der Waals surface area contributed by atoms with Crippen LogP contribution in [0.1, 0.15) is 43.4 Å². The lowest BCUT2D eigenvalue weighted by Crippen LogP contribution is -2.26. The van der Waals surface area contributed by atoms with Gasteiger partial charge in [0.25, 0.3) is 0 Å². The van der Waals surface area contributed by atoms with Gasteiger partial charge in [-0.3, -0.25) is 9.89 Å². The summed E-state index contributed by atoms with van der Waals surface area (Å²) in [7, 11) is 0. The van der Waals surface area contributed by atoms with Crippen LogP contribution < -0.4 is 10.5 Å². The van der Waals surface area contributed by atoms with E-state index in [0.29, 0.717) is 23.8 Å². The van der Waals surface area contributed by atoms with Gasteiger partial charge in [0.05, 0.1) is 24.3 Å². The second-order valence-corrected chi connectivity index (χ2v) is 5.90. The number of nitriles is 1. The number of H-pyrrole nitrogens is 1. The number of aromatic nitrogens is 2. The normalized spacial score (nSPS) is 22.5. The van der Waals surface area contributed by atoms with Crippen molar-refractivity contribution in [1.29, 1.82) is 5.26 Å². The molecule has 3 N–H and O–H groups in total. The second kappa shape index (κ2) is 6.79. The molecule has 1 aromatic rings. The molecule has 0 saturated heterocycles. The van der Waals surface area contributed by atoms with E-state index in [9.17, 15) is 10.1 Å². The van der Waals surface area contributed by atoms with Crippen LogP contribution in [0.2, 0.25) is 0 Å². The monoisotopic (exact) mass is 328 g/mol. The highest BCUT2D eigenvalue weighted by atomic mass is 16.5. The third kappa shape index (κ3) is 2.87. The number of nitrogens with zero attached hydrogens (tertiary/aromatic N) is 2. The number of aromatic amines is 1. The largest absolute Gasteiger partial charge is 0.466 e. The molecular weight excluding hydrogens is 308 g/mol. The fourth-order valence-corrected chi connectivity index (χ4v) is 3.38. The van der Waals surface area contributed by atoms with Crippen LogP contribution in [0, 0.1) is 17.2 Å². The summed E-state index contributed by atoms with van der Waals surface area (Å²) < 4.78 is 10.5. The number of nitrogens with two attached hydrogens (primary N) is 1. The molecule has 0 bridgehead atoms. The Morgan fingerprint density at radius 1 is 1.62 bits per heavy atom. The Balaban J connectivity index is 2.02. The van der Waals surface area contributed by atoms with E-state index < -0.39 is 0 Å². The predicted molar refractivity (Wildman–Crippen MR) is 85.6 cm³/mol. The van der Waals surface area contributed by atoms with Gasteiger partial charge in [-0.15, -0.1) is 5.10 Å². The number of esters is 1. The fourth-order valence-electron chi connectivity index (χ4n) is 3.38. The molecule has 1 aliphatic carbocycles. The highest BCUT2D eigenvalue weighted by molar-refractivity contribution is 5.73. The second-order valence-electron chi connectivity index (χ2n) is 5.90. The van der Waals surface area contributed by atoms with Crippen LogP contribution in [0.25, 0.3) is 0 Å². The lowest BCUT2D eigenvalue weighted by molar-refractivity contribution is -0.142. The smallest absolute Gasteiger partial charge is 0.311 e. The zero-order valence-corrected chi connectivity index (χ0v) is 13.5. The minimum absolute atomic E-state index is 0.0606. The Labute approximate surface area is 140 Å². The number of ether oxygens (including phenoxy) is 2. The molecule has 1 aromatic heterocycles. The van der Waals surface area contributed by atoms with Gasteiger partial charge in [0.1, 0.15) is 6.07 Å². The van der Waals surface area contributed by atoms with Crippen molar-refractivity contribution in [2.75, 3.05) is 6.61 Å². The number of nitrogens with one attached hydrogen (secondary N) is 1. The number of hydrogen-bond acceptors (Lipinski definition) is 6. The standard InChI is InChI=1S/C17H20N4O3/c1-2-23-13(22)8-12-15-14(10-6-4-3-5-7-10)11(9-18)16(19)24-17(15)21-20-12/h4,6,10,14H,2-3,5,7-8,19H2,1H3,(H,20,21)/t10-,14+/m1/s1. The van der Waals surface area contributed by atoms with Gasteiger partial charge in [-0.05, 0) is 32.1 Å². The molecule has 0 saturated carbocycles. The topological polar surface area (TPSA) is 114 Å². The molecule has 0 spiro atoms. The number of hydrogen-bond donors (Lipinski definition) is 2. The van der Waals surface area contributed by atoms with Gasteiger partial charge < -0.3 is 15.2 Å². The number of fused-ring (bicyclic) bond motifs is 1. The van der Waals surface area contributed by atoms with E-state index >= 15 is 0 Å². The highest BCUT2D eigenvalue weighted by Gasteiger charge is 2.38. The minimum Gasteiger partial charge on any atom is -0.466 e. The molecule has 2 aliphatic rings. The molecule has 0 aromatic carbocycles. The minimum atomic E-state index is -0.345. The number of carbonyl (C=O) groups is 1. The molecule has 7 heteroatoms. The summed E-state index contributed by atoms with van der Waals surface area (Å²) in [5.41, 5.74) is 7.68. The Bertz CT molecular complexity index is 742. The van der Waals surface area contributed by atoms with Crippen molar-refractivity contribution in [3.8, 4) is 11.9 Å². The average molecular weight is 328 g/mol. The number of rotatable bonds is 4. The van der Waals surface area contributed by atoms with Gasteiger partial charge in [0.2, 0.25) is 11.8 Å². The molecule has 3 rings (SSSR count). The summed E-state index contributed by atoms with van der Waals surface area (Å²) in [6.07, 6.45) is 7.34. The Morgan fingerprint density at radius 2 is 2.46 bits per heavy atom. The maximum absolute atomic E-state index is 11.9. The SMILES string of the molecule is CCOC(=O)Cc1[nH]nc2c1[C@@H]([C@@H]1C=CCCC1)C(C#N)=C(N)O2. The first-order valence-electron chi connectivity index (χ1n) is 8.12. The van der Waals surface area contributed by atoms with Gasteiger partial charge in [-0.1, -0.05) is 12.2 Å². The molecule has 126 valence electrons. The average Bonchev–Trinajstić information content (AvgIpc) is 2.96. The van der Waals surface area contributed by atoms with Gasteiger partial charge in [-0.2, -0.15) is 5.26 Å². The summed E-state index contributed by atoms with van der Waals surface area (Å²) >= 11 is 0. The summed E-state index contributed by atoms with van der Waals surface area (Å²) in [5, 5.41) is 16.5. The zero-order chi connectivity index (χ0) is 17.1. The van der Waals surface area contributed by atoms with E-state index in [-0.39, 0.29) is 30.1 Å². The number of allylic oxidation sites excluding steroid dienone is 3. The van der Waals surface area contributed by atoms with Crippen molar-refractivity contribution < 1.29 is 14.3 Å². The Morgan fingerprint density at radius 3 is 3.12 bits per heavy atom. The first kappa shape index (κ1) is 16.1. The molecule has 0 amide bonds. The summed E-state index contributed by atoms with van der Waals surface area (Å²) in [5.74, 6) is -0.0347. The zero-order valence-electron chi connectivity index (χ0n) is 13.5. The molecule has 24 heavy (non-hydrogen) atoms. The van der Waals surface area contributed by atoms with Crippen LogP contribution in [0.5, 0.6) is 5.88 Å². The number of carbonyl (C=O) groups excluding carboxylic acids is 1. The van der Waals surface area contributed by atoms with E-state index in [2.05, 4.69) is 28.4 Å². The van der Waals surface area contributed by atoms with Crippen LogP contribution in [0.3, 0.4) is 0 Å². The van der Waals surface area contributed by atoms with Gasteiger partial charge in [0, 0.05) is 11.5 Å². The molecular formula is C17H20N4O3. The van der Waals surface area contributed by atoms with Crippen molar-refractivity contribution in [2.45, 2.75) is 38.5 Å². The summed E-state index contributed by atoms with van der Waals surface area (Å²) in [4.78, 5) is 11.9. The van der Waals surface area contributed by atoms with Crippen molar-refractivity contribution >= 4 is 5.97 Å². The van der Waals surface area contributed by atoms with E-state index in [4.69, 9.17) is 15.2 Å². The molecule has 2 atom stereocenters. The molecule has 1 aliphatic heterocycles. The van der Waals surface area contributed by atoms with Crippen molar-refractivity contribution in [1.82, 2.24) is 10.2 Å². The van der Waals surface area contributed by atoms with Crippen LogP contribution in [0.4, 0.5) is 0 Å². The first-order valence-corrected chi connectivity index (χ1v) is 8.12. The van der Waals surface area contributed by atoms with E-state index in [1.165, 1.54) is 0 Å². The maximum Gasteiger partial charge on any atom is 0.311 e. The highest BCUT2D eigenvalue weighted by Crippen LogP contribution is 2.45. The van der Waals surface area contributed by atoms with Gasteiger partial charge >= 0.3 is 5.97 Å².